The lowest BCUT2D eigenvalue weighted by atomic mass is 10.1. The number of carboxylic acids is 1. The molecule has 1 aromatic carbocycles. The molecule has 0 radical (unpaired) electrons. The van der Waals surface area contributed by atoms with Crippen molar-refractivity contribution in [2.45, 2.75) is 19.5 Å². The number of nitrogens with zero attached hydrogens (tertiary/aromatic N) is 2. The first-order valence-corrected chi connectivity index (χ1v) is 7.05. The van der Waals surface area contributed by atoms with E-state index in [0.29, 0.717) is 0 Å². The van der Waals surface area contributed by atoms with E-state index in [9.17, 15) is 4.79 Å². The van der Waals surface area contributed by atoms with Crippen molar-refractivity contribution in [3.05, 3.63) is 35.4 Å². The normalized spacial score (nSPS) is 16.4. The molecule has 2 rings (SSSR count). The van der Waals surface area contributed by atoms with Crippen molar-refractivity contribution in [2.75, 3.05) is 32.7 Å². The Balaban J connectivity index is 0. The Bertz CT molecular complexity index is 452. The molecule has 1 aromatic rings. The number of benzene rings is 1. The van der Waals surface area contributed by atoms with E-state index < -0.39 is 12.0 Å². The maximum Gasteiger partial charge on any atom is 0.322 e. The lowest BCUT2D eigenvalue weighted by Crippen LogP contribution is -2.54. The topological polar surface area (TPSA) is 69.8 Å². The molecule has 0 aromatic heterocycles. The number of hydrogen-bond donors (Lipinski definition) is 2. The van der Waals surface area contributed by atoms with E-state index in [2.05, 4.69) is 36.1 Å². The smallest absolute Gasteiger partial charge is 0.322 e. The molecule has 1 atom stereocenters. The van der Waals surface area contributed by atoms with Gasteiger partial charge in [-0.25, -0.2) is 0 Å². The van der Waals surface area contributed by atoms with Crippen LogP contribution >= 0.6 is 37.2 Å². The summed E-state index contributed by atoms with van der Waals surface area (Å²) in [6.07, 6.45) is 0. The van der Waals surface area contributed by atoms with Crippen molar-refractivity contribution in [2.24, 2.45) is 5.73 Å². The van der Waals surface area contributed by atoms with E-state index in [1.54, 1.807) is 0 Å². The highest BCUT2D eigenvalue weighted by molar-refractivity contribution is 5.86. The second-order valence-electron chi connectivity index (χ2n) is 5.39. The number of rotatable bonds is 5. The second kappa shape index (κ2) is 11.9. The summed E-state index contributed by atoms with van der Waals surface area (Å²) in [6.45, 7) is 6.48. The number of carboxylic acid groups (broad SMARTS) is 1. The lowest BCUT2D eigenvalue weighted by molar-refractivity contribution is -0.143. The summed E-state index contributed by atoms with van der Waals surface area (Å²) in [5, 5.41) is 9.12. The average molecular weight is 387 g/mol. The monoisotopic (exact) mass is 385 g/mol. The van der Waals surface area contributed by atoms with Crippen LogP contribution in [0, 0.1) is 6.92 Å². The average Bonchev–Trinajstić information content (AvgIpc) is 2.44. The minimum Gasteiger partial charge on any atom is -0.480 e. The number of hydrogen-bond acceptors (Lipinski definition) is 4. The molecule has 0 amide bonds. The van der Waals surface area contributed by atoms with Gasteiger partial charge in [0.1, 0.15) is 6.04 Å². The molecule has 0 unspecified atom stereocenters. The third-order valence-electron chi connectivity index (χ3n) is 3.88. The Labute approximate surface area is 156 Å². The predicted molar refractivity (Wildman–Crippen MR) is 100 cm³/mol. The van der Waals surface area contributed by atoms with E-state index in [4.69, 9.17) is 10.8 Å². The molecule has 134 valence electrons. The van der Waals surface area contributed by atoms with Crippen LogP contribution in [-0.2, 0) is 11.3 Å². The van der Waals surface area contributed by atoms with Crippen LogP contribution in [0.3, 0.4) is 0 Å². The minimum absolute atomic E-state index is 0. The third kappa shape index (κ3) is 7.25. The largest absolute Gasteiger partial charge is 0.480 e. The fourth-order valence-corrected chi connectivity index (χ4v) is 2.59. The van der Waals surface area contributed by atoms with Gasteiger partial charge in [-0.2, -0.15) is 0 Å². The first kappa shape index (κ1) is 24.7. The zero-order chi connectivity index (χ0) is 14.5. The molecule has 0 saturated carbocycles. The van der Waals surface area contributed by atoms with Gasteiger partial charge in [-0.3, -0.25) is 14.6 Å². The van der Waals surface area contributed by atoms with Crippen LogP contribution in [0.2, 0.25) is 0 Å². The van der Waals surface area contributed by atoms with E-state index in [1.165, 1.54) is 11.1 Å². The van der Waals surface area contributed by atoms with Crippen molar-refractivity contribution in [1.29, 1.82) is 0 Å². The highest BCUT2D eigenvalue weighted by Gasteiger charge is 2.27. The van der Waals surface area contributed by atoms with Gasteiger partial charge in [0.05, 0.1) is 0 Å². The molecular weight excluding hydrogens is 361 g/mol. The van der Waals surface area contributed by atoms with Crippen LogP contribution in [0.1, 0.15) is 11.1 Å². The predicted octanol–water partition coefficient (Wildman–Crippen LogP) is 1.79. The maximum absolute atomic E-state index is 11.1. The van der Waals surface area contributed by atoms with Crippen molar-refractivity contribution in [1.82, 2.24) is 9.80 Å². The van der Waals surface area contributed by atoms with Gasteiger partial charge in [-0.05, 0) is 12.5 Å². The Kier molecular flexibility index (Phi) is 12.8. The quantitative estimate of drug-likeness (QED) is 0.807. The molecule has 5 nitrogen and oxygen atoms in total. The fourth-order valence-electron chi connectivity index (χ4n) is 2.59. The molecule has 0 bridgehead atoms. The van der Waals surface area contributed by atoms with Crippen molar-refractivity contribution >= 4 is 43.2 Å². The summed E-state index contributed by atoms with van der Waals surface area (Å²) in [6, 6.07) is 8.01. The summed E-state index contributed by atoms with van der Waals surface area (Å²) in [5.41, 5.74) is 8.11. The number of aliphatic carboxylic acids is 1. The first-order valence-electron chi connectivity index (χ1n) is 7.05. The number of nitrogens with two attached hydrogens (primary N) is 1. The minimum atomic E-state index is -0.820. The molecule has 1 aliphatic rings. The molecule has 3 N–H and O–H groups in total. The van der Waals surface area contributed by atoms with E-state index >= 15 is 0 Å². The summed E-state index contributed by atoms with van der Waals surface area (Å²) < 4.78 is 0. The van der Waals surface area contributed by atoms with Gasteiger partial charge in [-0.1, -0.05) is 29.8 Å². The Morgan fingerprint density at radius 2 is 1.65 bits per heavy atom. The summed E-state index contributed by atoms with van der Waals surface area (Å²) >= 11 is 0. The van der Waals surface area contributed by atoms with Crippen molar-refractivity contribution in [3.63, 3.8) is 0 Å². The van der Waals surface area contributed by atoms with Crippen LogP contribution < -0.4 is 5.73 Å². The van der Waals surface area contributed by atoms with E-state index in [0.717, 1.165) is 32.7 Å². The Morgan fingerprint density at radius 3 is 2.09 bits per heavy atom. The SMILES string of the molecule is Cc1ccc(CN2CCN([C@@H](CN)C(=O)O)CC2)cc1.Cl.Cl.Cl. The Hall–Kier alpha value is -0.560. The van der Waals surface area contributed by atoms with Crippen molar-refractivity contribution < 1.29 is 9.90 Å². The summed E-state index contributed by atoms with van der Waals surface area (Å²) in [4.78, 5) is 15.4. The van der Waals surface area contributed by atoms with Gasteiger partial charge < -0.3 is 10.8 Å². The number of carbonyl (C=O) groups is 1. The molecule has 1 saturated heterocycles. The van der Waals surface area contributed by atoms with Gasteiger partial charge >= 0.3 is 5.97 Å². The summed E-state index contributed by atoms with van der Waals surface area (Å²) in [5.74, 6) is -0.820. The highest BCUT2D eigenvalue weighted by atomic mass is 35.5. The third-order valence-corrected chi connectivity index (χ3v) is 3.88. The molecule has 23 heavy (non-hydrogen) atoms. The molecule has 1 heterocycles. The van der Waals surface area contributed by atoms with Gasteiger partial charge in [0.2, 0.25) is 0 Å². The van der Waals surface area contributed by atoms with E-state index in [1.807, 2.05) is 4.90 Å². The van der Waals surface area contributed by atoms with E-state index in [-0.39, 0.29) is 43.8 Å². The zero-order valence-electron chi connectivity index (χ0n) is 13.2. The molecule has 0 spiro atoms. The van der Waals surface area contributed by atoms with Crippen LogP contribution in [0.15, 0.2) is 24.3 Å². The maximum atomic E-state index is 11.1. The number of piperazine rings is 1. The standard InChI is InChI=1S/C15H23N3O2.3ClH/c1-12-2-4-13(5-3-12)11-17-6-8-18(9-7-17)14(10-16)15(19)20;;;/h2-5,14H,6-11,16H2,1H3,(H,19,20);3*1H/t14-;;;/m0.../s1. The lowest BCUT2D eigenvalue weighted by Gasteiger charge is -2.37. The van der Waals surface area contributed by atoms with Crippen LogP contribution in [0.25, 0.3) is 0 Å². The number of halogens is 3. The van der Waals surface area contributed by atoms with Gasteiger partial charge in [0, 0.05) is 39.3 Å². The van der Waals surface area contributed by atoms with Gasteiger partial charge in [0.25, 0.3) is 0 Å². The van der Waals surface area contributed by atoms with Gasteiger partial charge in [-0.15, -0.1) is 37.2 Å². The van der Waals surface area contributed by atoms with Crippen LogP contribution in [0.5, 0.6) is 0 Å². The zero-order valence-corrected chi connectivity index (χ0v) is 15.6. The molecule has 1 fully saturated rings. The molecule has 1 aliphatic heterocycles. The molecule has 0 aliphatic carbocycles. The molecule has 8 heteroatoms. The highest BCUT2D eigenvalue weighted by Crippen LogP contribution is 2.11. The van der Waals surface area contributed by atoms with Crippen LogP contribution in [-0.4, -0.2) is 59.6 Å². The fraction of sp³-hybridized carbons (Fsp3) is 0.533. The van der Waals surface area contributed by atoms with Gasteiger partial charge in [0.15, 0.2) is 0 Å². The van der Waals surface area contributed by atoms with Crippen LogP contribution in [0.4, 0.5) is 0 Å². The molecular formula is C15H26Cl3N3O2. The Morgan fingerprint density at radius 1 is 1.13 bits per heavy atom. The second-order valence-corrected chi connectivity index (χ2v) is 5.39. The number of aryl methyl sites for hydroxylation is 1. The summed E-state index contributed by atoms with van der Waals surface area (Å²) in [7, 11) is 0. The van der Waals surface area contributed by atoms with Crippen molar-refractivity contribution in [3.8, 4) is 0 Å². The first-order chi connectivity index (χ1) is 9.60.